The van der Waals surface area contributed by atoms with Crippen LogP contribution in [0.3, 0.4) is 0 Å². The Hall–Kier alpha value is -0.400. The van der Waals surface area contributed by atoms with E-state index in [9.17, 15) is 0 Å². The van der Waals surface area contributed by atoms with Crippen LogP contribution in [0.15, 0.2) is 42.5 Å². The van der Waals surface area contributed by atoms with E-state index >= 15 is 0 Å². The van der Waals surface area contributed by atoms with Crippen LogP contribution < -0.4 is 0 Å². The van der Waals surface area contributed by atoms with Gasteiger partial charge in [-0.2, -0.15) is 0 Å². The molecule has 2 aromatic rings. The van der Waals surface area contributed by atoms with Gasteiger partial charge in [0.25, 0.3) is 0 Å². The molecule has 1 unspecified atom stereocenters. The van der Waals surface area contributed by atoms with Crippen molar-refractivity contribution >= 4 is 46.4 Å². The molecule has 1 atom stereocenters. The summed E-state index contributed by atoms with van der Waals surface area (Å²) in [5.74, 6) is 0.596. The van der Waals surface area contributed by atoms with Gasteiger partial charge in [0.2, 0.25) is 0 Å². The van der Waals surface area contributed by atoms with Crippen LogP contribution in [0.2, 0.25) is 15.1 Å². The highest BCUT2D eigenvalue weighted by Crippen LogP contribution is 2.31. The number of hydrogen-bond acceptors (Lipinski definition) is 0. The lowest BCUT2D eigenvalue weighted by molar-refractivity contribution is 0.767. The molecule has 0 radical (unpaired) electrons. The summed E-state index contributed by atoms with van der Waals surface area (Å²) in [7, 11) is 0. The first-order chi connectivity index (χ1) is 9.11. The average Bonchev–Trinajstić information content (AvgIpc) is 2.41. The predicted molar refractivity (Wildman–Crippen MR) is 85.1 cm³/mol. The van der Waals surface area contributed by atoms with Crippen molar-refractivity contribution in [2.75, 3.05) is 5.88 Å². The first kappa shape index (κ1) is 15.0. The number of rotatable bonds is 4. The van der Waals surface area contributed by atoms with Crippen molar-refractivity contribution in [3.8, 4) is 0 Å². The molecule has 0 aliphatic carbocycles. The quantitative estimate of drug-likeness (QED) is 0.583. The largest absolute Gasteiger partial charge is 0.126 e. The minimum Gasteiger partial charge on any atom is -0.126 e. The zero-order chi connectivity index (χ0) is 13.8. The van der Waals surface area contributed by atoms with Crippen LogP contribution in [-0.2, 0) is 6.42 Å². The molecule has 0 saturated heterocycles. The Kier molecular flexibility index (Phi) is 5.41. The Labute approximate surface area is 133 Å². The zero-order valence-corrected chi connectivity index (χ0v) is 13.1. The number of benzene rings is 2. The van der Waals surface area contributed by atoms with Crippen molar-refractivity contribution in [3.05, 3.63) is 68.7 Å². The Morgan fingerprint density at radius 1 is 0.895 bits per heavy atom. The third kappa shape index (κ3) is 3.79. The van der Waals surface area contributed by atoms with Gasteiger partial charge in [0, 0.05) is 26.9 Å². The summed E-state index contributed by atoms with van der Waals surface area (Å²) in [5.41, 5.74) is 2.02. The van der Waals surface area contributed by atoms with E-state index in [1.165, 1.54) is 0 Å². The van der Waals surface area contributed by atoms with Gasteiger partial charge < -0.3 is 0 Å². The molecule has 0 aromatic heterocycles. The van der Waals surface area contributed by atoms with Crippen LogP contribution in [0, 0.1) is 0 Å². The molecular formula is C15H12Cl4. The number of alkyl halides is 1. The maximum Gasteiger partial charge on any atom is 0.0441 e. The maximum absolute atomic E-state index is 6.22. The molecule has 2 rings (SSSR count). The summed E-state index contributed by atoms with van der Waals surface area (Å²) in [6.07, 6.45) is 0.715. The van der Waals surface area contributed by atoms with Crippen molar-refractivity contribution in [1.29, 1.82) is 0 Å². The summed E-state index contributed by atoms with van der Waals surface area (Å²) >= 11 is 24.5. The summed E-state index contributed by atoms with van der Waals surface area (Å²) in [4.78, 5) is 0. The van der Waals surface area contributed by atoms with Crippen LogP contribution in [0.4, 0.5) is 0 Å². The highest BCUT2D eigenvalue weighted by atomic mass is 35.5. The molecule has 0 fully saturated rings. The third-order valence-corrected chi connectivity index (χ3v) is 4.33. The molecule has 0 saturated carbocycles. The lowest BCUT2D eigenvalue weighted by Crippen LogP contribution is -2.06. The molecule has 19 heavy (non-hydrogen) atoms. The molecule has 100 valence electrons. The van der Waals surface area contributed by atoms with Gasteiger partial charge in [0.05, 0.1) is 0 Å². The molecule has 0 N–H and O–H groups in total. The van der Waals surface area contributed by atoms with E-state index in [4.69, 9.17) is 46.4 Å². The zero-order valence-electron chi connectivity index (χ0n) is 10.0. The van der Waals surface area contributed by atoms with Gasteiger partial charge >= 0.3 is 0 Å². The van der Waals surface area contributed by atoms with E-state index in [0.717, 1.165) is 16.1 Å². The molecule has 0 aliphatic heterocycles. The first-order valence-electron chi connectivity index (χ1n) is 5.86. The van der Waals surface area contributed by atoms with Gasteiger partial charge in [0.1, 0.15) is 0 Å². The summed E-state index contributed by atoms with van der Waals surface area (Å²) < 4.78 is 0. The first-order valence-corrected chi connectivity index (χ1v) is 7.53. The van der Waals surface area contributed by atoms with Crippen LogP contribution in [0.1, 0.15) is 17.0 Å². The third-order valence-electron chi connectivity index (χ3n) is 3.01. The van der Waals surface area contributed by atoms with Crippen molar-refractivity contribution < 1.29 is 0 Å². The Balaban J connectivity index is 2.29. The second-order valence-electron chi connectivity index (χ2n) is 4.31. The van der Waals surface area contributed by atoms with Crippen molar-refractivity contribution in [1.82, 2.24) is 0 Å². The highest BCUT2D eigenvalue weighted by Gasteiger charge is 2.16. The van der Waals surface area contributed by atoms with Gasteiger partial charge in [-0.05, 0) is 41.8 Å². The monoisotopic (exact) mass is 332 g/mol. The summed E-state index contributed by atoms with van der Waals surface area (Å²) in [5, 5.41) is 2.10. The number of hydrogen-bond donors (Lipinski definition) is 0. The molecule has 0 aliphatic rings. The van der Waals surface area contributed by atoms with Crippen LogP contribution >= 0.6 is 46.4 Å². The van der Waals surface area contributed by atoms with E-state index in [1.54, 1.807) is 12.1 Å². The minimum atomic E-state index is 0.117. The second-order valence-corrected chi connectivity index (χ2v) is 5.87. The topological polar surface area (TPSA) is 0 Å². The van der Waals surface area contributed by atoms with E-state index in [-0.39, 0.29) is 5.92 Å². The molecule has 2 aromatic carbocycles. The average molecular weight is 334 g/mol. The van der Waals surface area contributed by atoms with Crippen molar-refractivity contribution in [2.24, 2.45) is 0 Å². The smallest absolute Gasteiger partial charge is 0.0441 e. The molecule has 4 heteroatoms. The minimum absolute atomic E-state index is 0.117. The van der Waals surface area contributed by atoms with Crippen LogP contribution in [0.25, 0.3) is 0 Å². The van der Waals surface area contributed by atoms with Gasteiger partial charge in [-0.25, -0.2) is 0 Å². The standard InChI is InChI=1S/C15H12Cl4/c16-9-11(13-3-1-2-4-15(13)19)7-10-8-12(17)5-6-14(10)18/h1-6,8,11H,7,9H2. The fourth-order valence-electron chi connectivity index (χ4n) is 2.02. The normalized spacial score (nSPS) is 12.4. The highest BCUT2D eigenvalue weighted by molar-refractivity contribution is 6.33. The SMILES string of the molecule is ClCC(Cc1cc(Cl)ccc1Cl)c1ccccc1Cl. The van der Waals surface area contributed by atoms with E-state index in [2.05, 4.69) is 0 Å². The Morgan fingerprint density at radius 2 is 1.63 bits per heavy atom. The van der Waals surface area contributed by atoms with Crippen LogP contribution in [-0.4, -0.2) is 5.88 Å². The molecule has 0 amide bonds. The molecule has 0 bridgehead atoms. The van der Waals surface area contributed by atoms with E-state index < -0.39 is 0 Å². The van der Waals surface area contributed by atoms with E-state index in [1.807, 2.05) is 30.3 Å². The fourth-order valence-corrected chi connectivity index (χ4v) is 2.97. The van der Waals surface area contributed by atoms with Gasteiger partial charge in [-0.3, -0.25) is 0 Å². The van der Waals surface area contributed by atoms with E-state index in [0.29, 0.717) is 22.3 Å². The Morgan fingerprint density at radius 3 is 2.32 bits per heavy atom. The molecular weight excluding hydrogens is 322 g/mol. The van der Waals surface area contributed by atoms with Crippen molar-refractivity contribution in [3.63, 3.8) is 0 Å². The summed E-state index contributed by atoms with van der Waals surface area (Å²) in [6.45, 7) is 0. The molecule has 0 spiro atoms. The lowest BCUT2D eigenvalue weighted by Gasteiger charge is -2.17. The second kappa shape index (κ2) is 6.85. The lowest BCUT2D eigenvalue weighted by atomic mass is 9.93. The number of halogens is 4. The van der Waals surface area contributed by atoms with Gasteiger partial charge in [-0.1, -0.05) is 53.0 Å². The fraction of sp³-hybridized carbons (Fsp3) is 0.200. The summed E-state index contributed by atoms with van der Waals surface area (Å²) in [6, 6.07) is 13.2. The predicted octanol–water partition coefficient (Wildman–Crippen LogP) is 6.21. The maximum atomic E-state index is 6.22. The molecule has 0 nitrogen and oxygen atoms in total. The van der Waals surface area contributed by atoms with Crippen molar-refractivity contribution in [2.45, 2.75) is 12.3 Å². The van der Waals surface area contributed by atoms with Crippen LogP contribution in [0.5, 0.6) is 0 Å². The molecule has 0 heterocycles. The van der Waals surface area contributed by atoms with Gasteiger partial charge in [-0.15, -0.1) is 11.6 Å². The Bertz CT molecular complexity index is 566. The van der Waals surface area contributed by atoms with Gasteiger partial charge in [0.15, 0.2) is 0 Å².